The molecular weight excluding hydrogens is 510 g/mol. The molecule has 0 bridgehead atoms. The number of unbranched alkanes of at least 4 members (excludes halogenated alkanes) is 1. The van der Waals surface area contributed by atoms with Gasteiger partial charge in [-0.25, -0.2) is 10.5 Å². The van der Waals surface area contributed by atoms with Crippen molar-refractivity contribution in [2.24, 2.45) is 0 Å². The number of aromatic nitrogens is 4. The van der Waals surface area contributed by atoms with Gasteiger partial charge in [-0.3, -0.25) is 19.7 Å². The smallest absolute Gasteiger partial charge is 0.243 e. The maximum absolute atomic E-state index is 11.2. The molecule has 0 spiro atoms. The van der Waals surface area contributed by atoms with Crippen molar-refractivity contribution in [1.82, 2.24) is 30.5 Å². The molecule has 0 aliphatic carbocycles. The molecule has 2 heterocycles. The summed E-state index contributed by atoms with van der Waals surface area (Å²) in [6, 6.07) is 12.3. The standard InChI is InChI=1S/C29H37N7O4/c1-20(2)30-10-12-36(23-13-24(39-3)16-25(14-23)40-4)22-8-9-26-27(15-22)33-28(18-31-26)21-17-32-35(19-21)11-6-5-7-29(37)34-38/h8-9,13-20,30,38H,5-7,10-12H2,1-4H3,(H,34,37). The van der Waals surface area contributed by atoms with Gasteiger partial charge in [-0.2, -0.15) is 5.10 Å². The second-order valence-electron chi connectivity index (χ2n) is 9.74. The van der Waals surface area contributed by atoms with Crippen molar-refractivity contribution in [2.75, 3.05) is 32.2 Å². The van der Waals surface area contributed by atoms with Gasteiger partial charge >= 0.3 is 0 Å². The first-order valence-electron chi connectivity index (χ1n) is 13.4. The van der Waals surface area contributed by atoms with E-state index in [0.29, 0.717) is 30.5 Å². The number of hydroxylamine groups is 1. The van der Waals surface area contributed by atoms with Crippen LogP contribution in [0, 0.1) is 0 Å². The van der Waals surface area contributed by atoms with Gasteiger partial charge < -0.3 is 19.7 Å². The molecule has 2 aromatic carbocycles. The highest BCUT2D eigenvalue weighted by atomic mass is 16.5. The van der Waals surface area contributed by atoms with Crippen molar-refractivity contribution in [3.8, 4) is 22.8 Å². The van der Waals surface area contributed by atoms with Gasteiger partial charge in [-0.15, -0.1) is 0 Å². The number of amides is 1. The first-order valence-corrected chi connectivity index (χ1v) is 13.4. The van der Waals surface area contributed by atoms with E-state index in [2.05, 4.69) is 34.1 Å². The van der Waals surface area contributed by atoms with Gasteiger partial charge in [0, 0.05) is 73.4 Å². The van der Waals surface area contributed by atoms with Crippen LogP contribution in [0.2, 0.25) is 0 Å². The minimum atomic E-state index is -0.382. The number of nitrogens with zero attached hydrogens (tertiary/aromatic N) is 5. The molecule has 40 heavy (non-hydrogen) atoms. The molecule has 0 fully saturated rings. The van der Waals surface area contributed by atoms with Gasteiger partial charge in [-0.05, 0) is 31.0 Å². The van der Waals surface area contributed by atoms with Crippen molar-refractivity contribution < 1.29 is 19.5 Å². The second kappa shape index (κ2) is 13.7. The number of rotatable bonds is 14. The molecule has 3 N–H and O–H groups in total. The Hall–Kier alpha value is -4.22. The maximum Gasteiger partial charge on any atom is 0.243 e. The Morgan fingerprint density at radius 2 is 1.80 bits per heavy atom. The van der Waals surface area contributed by atoms with E-state index in [1.54, 1.807) is 32.1 Å². The molecule has 2 aromatic heterocycles. The lowest BCUT2D eigenvalue weighted by atomic mass is 10.2. The lowest BCUT2D eigenvalue weighted by molar-refractivity contribution is -0.129. The summed E-state index contributed by atoms with van der Waals surface area (Å²) in [4.78, 5) is 23.0. The fraction of sp³-hybridized carbons (Fsp3) is 0.379. The SMILES string of the molecule is COc1cc(OC)cc(N(CCNC(C)C)c2ccc3ncc(-c4cnn(CCCCC(=O)NO)c4)nc3c2)c1. The molecule has 4 rings (SSSR count). The van der Waals surface area contributed by atoms with Crippen LogP contribution in [-0.4, -0.2) is 64.2 Å². The molecule has 0 saturated carbocycles. The minimum Gasteiger partial charge on any atom is -0.497 e. The molecule has 0 saturated heterocycles. The van der Waals surface area contributed by atoms with Crippen molar-refractivity contribution in [2.45, 2.75) is 45.7 Å². The van der Waals surface area contributed by atoms with E-state index in [1.165, 1.54) is 0 Å². The Bertz CT molecular complexity index is 1400. The number of hydrogen-bond donors (Lipinski definition) is 3. The zero-order valence-corrected chi connectivity index (χ0v) is 23.4. The van der Waals surface area contributed by atoms with Crippen LogP contribution in [-0.2, 0) is 11.3 Å². The van der Waals surface area contributed by atoms with Gasteiger partial charge in [0.25, 0.3) is 0 Å². The quantitative estimate of drug-likeness (QED) is 0.120. The van der Waals surface area contributed by atoms with Crippen molar-refractivity contribution >= 4 is 28.3 Å². The van der Waals surface area contributed by atoms with Gasteiger partial charge in [0.05, 0.1) is 43.3 Å². The van der Waals surface area contributed by atoms with E-state index in [1.807, 2.05) is 47.3 Å². The number of carbonyl (C=O) groups is 1. The number of hydrogen-bond acceptors (Lipinski definition) is 9. The molecule has 4 aromatic rings. The van der Waals surface area contributed by atoms with Crippen molar-refractivity contribution in [1.29, 1.82) is 0 Å². The van der Waals surface area contributed by atoms with Crippen LogP contribution in [0.3, 0.4) is 0 Å². The molecule has 11 heteroatoms. The third-order valence-corrected chi connectivity index (χ3v) is 6.47. The average molecular weight is 548 g/mol. The minimum absolute atomic E-state index is 0.274. The van der Waals surface area contributed by atoms with Gasteiger partial charge in [0.1, 0.15) is 11.5 Å². The summed E-state index contributed by atoms with van der Waals surface area (Å²) in [5.41, 5.74) is 6.74. The van der Waals surface area contributed by atoms with Crippen LogP contribution < -0.4 is 25.2 Å². The zero-order chi connectivity index (χ0) is 28.5. The number of aryl methyl sites for hydroxylation is 1. The third kappa shape index (κ3) is 7.45. The Labute approximate surface area is 234 Å². The monoisotopic (exact) mass is 547 g/mol. The van der Waals surface area contributed by atoms with Crippen LogP contribution in [0.5, 0.6) is 11.5 Å². The summed E-state index contributed by atoms with van der Waals surface area (Å²) in [5.74, 6) is 1.05. The van der Waals surface area contributed by atoms with Gasteiger partial charge in [0.2, 0.25) is 5.91 Å². The van der Waals surface area contributed by atoms with E-state index in [0.717, 1.165) is 53.2 Å². The summed E-state index contributed by atoms with van der Waals surface area (Å²) < 4.78 is 12.9. The summed E-state index contributed by atoms with van der Waals surface area (Å²) in [7, 11) is 3.29. The summed E-state index contributed by atoms with van der Waals surface area (Å²) >= 11 is 0. The van der Waals surface area contributed by atoms with Crippen molar-refractivity contribution in [3.05, 3.63) is 55.0 Å². The number of carbonyl (C=O) groups excluding carboxylic acids is 1. The molecule has 0 unspecified atom stereocenters. The van der Waals surface area contributed by atoms with E-state index >= 15 is 0 Å². The van der Waals surface area contributed by atoms with E-state index in [-0.39, 0.29) is 12.3 Å². The molecule has 1 amide bonds. The van der Waals surface area contributed by atoms with Crippen LogP contribution in [0.1, 0.15) is 33.1 Å². The van der Waals surface area contributed by atoms with Crippen LogP contribution in [0.25, 0.3) is 22.3 Å². The normalized spacial score (nSPS) is 11.2. The first kappa shape index (κ1) is 28.8. The number of anilines is 2. The summed E-state index contributed by atoms with van der Waals surface area (Å²) in [6.45, 7) is 6.42. The number of fused-ring (bicyclic) bond motifs is 1. The maximum atomic E-state index is 11.2. The average Bonchev–Trinajstić information content (AvgIpc) is 3.45. The number of methoxy groups -OCH3 is 2. The lowest BCUT2D eigenvalue weighted by Crippen LogP contribution is -2.32. The molecule has 0 radical (unpaired) electrons. The Balaban J connectivity index is 1.60. The second-order valence-corrected chi connectivity index (χ2v) is 9.74. The highest BCUT2D eigenvalue weighted by Crippen LogP contribution is 2.34. The predicted molar refractivity (Wildman–Crippen MR) is 154 cm³/mol. The van der Waals surface area contributed by atoms with Crippen LogP contribution >= 0.6 is 0 Å². The number of benzene rings is 2. The molecule has 0 aliphatic heterocycles. The van der Waals surface area contributed by atoms with Gasteiger partial charge in [-0.1, -0.05) is 13.8 Å². The number of nitrogens with one attached hydrogen (secondary N) is 2. The number of ether oxygens (including phenoxy) is 2. The topological polar surface area (TPSA) is 127 Å². The molecular formula is C29H37N7O4. The highest BCUT2D eigenvalue weighted by molar-refractivity contribution is 5.82. The predicted octanol–water partition coefficient (Wildman–Crippen LogP) is 4.32. The Morgan fingerprint density at radius 1 is 1.02 bits per heavy atom. The van der Waals surface area contributed by atoms with Crippen LogP contribution in [0.4, 0.5) is 11.4 Å². The van der Waals surface area contributed by atoms with E-state index in [9.17, 15) is 4.79 Å². The van der Waals surface area contributed by atoms with Crippen LogP contribution in [0.15, 0.2) is 55.0 Å². The fourth-order valence-corrected chi connectivity index (χ4v) is 4.36. The zero-order valence-electron chi connectivity index (χ0n) is 23.4. The molecule has 0 atom stereocenters. The highest BCUT2D eigenvalue weighted by Gasteiger charge is 2.15. The summed E-state index contributed by atoms with van der Waals surface area (Å²) in [6.07, 6.45) is 7.15. The van der Waals surface area contributed by atoms with Crippen molar-refractivity contribution in [3.63, 3.8) is 0 Å². The lowest BCUT2D eigenvalue weighted by Gasteiger charge is -2.27. The van der Waals surface area contributed by atoms with Gasteiger partial charge in [0.15, 0.2) is 0 Å². The molecule has 11 nitrogen and oxygen atoms in total. The van der Waals surface area contributed by atoms with E-state index in [4.69, 9.17) is 19.7 Å². The largest absolute Gasteiger partial charge is 0.497 e. The summed E-state index contributed by atoms with van der Waals surface area (Å²) in [5, 5.41) is 16.5. The third-order valence-electron chi connectivity index (χ3n) is 6.47. The van der Waals surface area contributed by atoms with E-state index < -0.39 is 0 Å². The Kier molecular flexibility index (Phi) is 9.87. The molecule has 0 aliphatic rings. The molecule has 212 valence electrons. The first-order chi connectivity index (χ1) is 19.4. The Morgan fingerprint density at radius 3 is 2.50 bits per heavy atom. The fourth-order valence-electron chi connectivity index (χ4n) is 4.36.